The fourth-order valence-corrected chi connectivity index (χ4v) is 2.47. The number of anilines is 2. The van der Waals surface area contributed by atoms with Gasteiger partial charge >= 0.3 is 0 Å². The number of aromatic nitrogens is 2. The van der Waals surface area contributed by atoms with Gasteiger partial charge in [-0.2, -0.15) is 0 Å². The second-order valence-corrected chi connectivity index (χ2v) is 5.44. The highest BCUT2D eigenvalue weighted by atomic mass is 32.1. The largest absolute Gasteiger partial charge is 0.346 e. The van der Waals surface area contributed by atoms with Crippen molar-refractivity contribution >= 4 is 28.1 Å². The Morgan fingerprint density at radius 1 is 1.09 bits per heavy atom. The normalized spacial score (nSPS) is 10.2. The Balaban J connectivity index is 1.65. The van der Waals surface area contributed by atoms with Crippen LogP contribution in [0.15, 0.2) is 60.2 Å². The third kappa shape index (κ3) is 3.67. The highest BCUT2D eigenvalue weighted by Gasteiger charge is 2.07. The summed E-state index contributed by atoms with van der Waals surface area (Å²) in [6.45, 7) is 0.407. The van der Waals surface area contributed by atoms with Gasteiger partial charge in [0, 0.05) is 29.0 Å². The third-order valence-corrected chi connectivity index (χ3v) is 3.65. The predicted molar refractivity (Wildman–Crippen MR) is 87.2 cm³/mol. The molecule has 110 valence electrons. The van der Waals surface area contributed by atoms with Gasteiger partial charge in [-0.3, -0.25) is 9.78 Å². The molecule has 0 saturated carbocycles. The summed E-state index contributed by atoms with van der Waals surface area (Å²) in [6, 6.07) is 12.9. The van der Waals surface area contributed by atoms with Gasteiger partial charge in [0.25, 0.3) is 5.91 Å². The van der Waals surface area contributed by atoms with E-state index in [1.165, 1.54) is 11.3 Å². The van der Waals surface area contributed by atoms with Crippen molar-refractivity contribution in [3.05, 3.63) is 71.5 Å². The third-order valence-electron chi connectivity index (χ3n) is 2.96. The summed E-state index contributed by atoms with van der Waals surface area (Å²) in [4.78, 5) is 20.5. The molecule has 1 amide bonds. The number of hydrogen-bond donors (Lipinski definition) is 2. The number of nitrogens with one attached hydrogen (secondary N) is 2. The zero-order valence-corrected chi connectivity index (χ0v) is 12.5. The number of amides is 1. The van der Waals surface area contributed by atoms with E-state index in [9.17, 15) is 4.79 Å². The fraction of sp³-hybridized carbons (Fsp3) is 0.0625. The summed E-state index contributed by atoms with van der Waals surface area (Å²) in [6.07, 6.45) is 3.44. The Bertz CT molecular complexity index is 744. The molecule has 2 N–H and O–H groups in total. The van der Waals surface area contributed by atoms with Gasteiger partial charge in [0.1, 0.15) is 0 Å². The maximum atomic E-state index is 12.2. The van der Waals surface area contributed by atoms with Crippen LogP contribution >= 0.6 is 11.3 Å². The number of carbonyl (C=O) groups is 1. The standard InChI is InChI=1S/C16H14N4OS/c21-15(19-11-14-5-1-2-7-17-14)12-4-3-6-13(10-12)20-16-18-8-9-22-16/h1-10H,11H2,(H,18,20)(H,19,21). The average molecular weight is 310 g/mol. The summed E-state index contributed by atoms with van der Waals surface area (Å²) >= 11 is 1.51. The lowest BCUT2D eigenvalue weighted by Crippen LogP contribution is -2.23. The van der Waals surface area contributed by atoms with Gasteiger partial charge in [0.15, 0.2) is 5.13 Å². The second-order valence-electron chi connectivity index (χ2n) is 4.55. The van der Waals surface area contributed by atoms with E-state index in [1.54, 1.807) is 24.5 Å². The van der Waals surface area contributed by atoms with Crippen LogP contribution in [0.1, 0.15) is 16.1 Å². The Labute approximate surface area is 132 Å². The minimum Gasteiger partial charge on any atom is -0.346 e. The topological polar surface area (TPSA) is 66.9 Å². The molecule has 0 spiro atoms. The molecule has 3 rings (SSSR count). The molecule has 0 radical (unpaired) electrons. The van der Waals surface area contributed by atoms with Crippen LogP contribution in [0.4, 0.5) is 10.8 Å². The first-order chi connectivity index (χ1) is 10.8. The van der Waals surface area contributed by atoms with Crippen molar-refractivity contribution in [1.82, 2.24) is 15.3 Å². The molecule has 0 saturated heterocycles. The van der Waals surface area contributed by atoms with Crippen LogP contribution in [-0.2, 0) is 6.54 Å². The van der Waals surface area contributed by atoms with Crippen molar-refractivity contribution in [3.63, 3.8) is 0 Å². The summed E-state index contributed by atoms with van der Waals surface area (Å²) in [5, 5.41) is 8.72. The molecule has 0 unspecified atom stereocenters. The number of hydrogen-bond acceptors (Lipinski definition) is 5. The van der Waals surface area contributed by atoms with Crippen molar-refractivity contribution in [2.24, 2.45) is 0 Å². The number of carbonyl (C=O) groups excluding carboxylic acids is 1. The van der Waals surface area contributed by atoms with Crippen molar-refractivity contribution < 1.29 is 4.79 Å². The van der Waals surface area contributed by atoms with E-state index in [2.05, 4.69) is 20.6 Å². The van der Waals surface area contributed by atoms with Crippen LogP contribution in [0.3, 0.4) is 0 Å². The Morgan fingerprint density at radius 2 is 2.05 bits per heavy atom. The molecule has 22 heavy (non-hydrogen) atoms. The van der Waals surface area contributed by atoms with Crippen molar-refractivity contribution in [2.45, 2.75) is 6.54 Å². The van der Waals surface area contributed by atoms with Gasteiger partial charge in [0.05, 0.1) is 12.2 Å². The van der Waals surface area contributed by atoms with Gasteiger partial charge in [0.2, 0.25) is 0 Å². The van der Waals surface area contributed by atoms with Gasteiger partial charge in [-0.05, 0) is 30.3 Å². The average Bonchev–Trinajstić information content (AvgIpc) is 3.07. The van der Waals surface area contributed by atoms with E-state index in [0.717, 1.165) is 16.5 Å². The van der Waals surface area contributed by atoms with Crippen LogP contribution in [0, 0.1) is 0 Å². The molecule has 3 aromatic rings. The molecule has 2 aromatic heterocycles. The SMILES string of the molecule is O=C(NCc1ccccn1)c1cccc(Nc2nccs2)c1. The lowest BCUT2D eigenvalue weighted by molar-refractivity contribution is 0.0950. The van der Waals surface area contributed by atoms with Crippen LogP contribution in [0.2, 0.25) is 0 Å². The van der Waals surface area contributed by atoms with E-state index in [-0.39, 0.29) is 5.91 Å². The summed E-state index contributed by atoms with van der Waals surface area (Å²) in [7, 11) is 0. The molecule has 0 atom stereocenters. The Hall–Kier alpha value is -2.73. The molecule has 0 bridgehead atoms. The molecular formula is C16H14N4OS. The molecule has 0 aliphatic heterocycles. The van der Waals surface area contributed by atoms with Gasteiger partial charge in [-0.1, -0.05) is 12.1 Å². The van der Waals surface area contributed by atoms with Gasteiger partial charge in [-0.25, -0.2) is 4.98 Å². The maximum absolute atomic E-state index is 12.2. The molecule has 0 fully saturated rings. The minimum atomic E-state index is -0.131. The first kappa shape index (κ1) is 14.2. The van der Waals surface area contributed by atoms with Crippen LogP contribution in [-0.4, -0.2) is 15.9 Å². The van der Waals surface area contributed by atoms with Gasteiger partial charge < -0.3 is 10.6 Å². The van der Waals surface area contributed by atoms with E-state index in [1.807, 2.05) is 35.7 Å². The molecule has 6 heteroatoms. The van der Waals surface area contributed by atoms with E-state index >= 15 is 0 Å². The number of pyridine rings is 1. The molecule has 2 heterocycles. The van der Waals surface area contributed by atoms with E-state index in [0.29, 0.717) is 12.1 Å². The molecule has 5 nitrogen and oxygen atoms in total. The Morgan fingerprint density at radius 3 is 2.82 bits per heavy atom. The van der Waals surface area contributed by atoms with Crippen LogP contribution in [0.25, 0.3) is 0 Å². The number of rotatable bonds is 5. The fourth-order valence-electron chi connectivity index (χ4n) is 1.92. The Kier molecular flexibility index (Phi) is 4.41. The zero-order valence-electron chi connectivity index (χ0n) is 11.7. The van der Waals surface area contributed by atoms with Crippen molar-refractivity contribution in [1.29, 1.82) is 0 Å². The summed E-state index contributed by atoms with van der Waals surface area (Å²) in [5.74, 6) is -0.131. The summed E-state index contributed by atoms with van der Waals surface area (Å²) < 4.78 is 0. The number of benzene rings is 1. The zero-order chi connectivity index (χ0) is 15.2. The molecule has 1 aromatic carbocycles. The van der Waals surface area contributed by atoms with E-state index in [4.69, 9.17) is 0 Å². The predicted octanol–water partition coefficient (Wildman–Crippen LogP) is 3.21. The quantitative estimate of drug-likeness (QED) is 0.759. The van der Waals surface area contributed by atoms with Crippen molar-refractivity contribution in [3.8, 4) is 0 Å². The number of thiazole rings is 1. The monoisotopic (exact) mass is 310 g/mol. The van der Waals surface area contributed by atoms with Crippen LogP contribution < -0.4 is 10.6 Å². The maximum Gasteiger partial charge on any atom is 0.251 e. The highest BCUT2D eigenvalue weighted by Crippen LogP contribution is 2.19. The molecular weight excluding hydrogens is 296 g/mol. The lowest BCUT2D eigenvalue weighted by atomic mass is 10.2. The molecule has 0 aliphatic rings. The lowest BCUT2D eigenvalue weighted by Gasteiger charge is -2.07. The first-order valence-corrected chi connectivity index (χ1v) is 7.64. The first-order valence-electron chi connectivity index (χ1n) is 6.76. The summed E-state index contributed by atoms with van der Waals surface area (Å²) in [5.41, 5.74) is 2.26. The minimum absolute atomic E-state index is 0.131. The van der Waals surface area contributed by atoms with Gasteiger partial charge in [-0.15, -0.1) is 11.3 Å². The van der Waals surface area contributed by atoms with E-state index < -0.39 is 0 Å². The second kappa shape index (κ2) is 6.82. The molecule has 0 aliphatic carbocycles. The number of nitrogens with zero attached hydrogens (tertiary/aromatic N) is 2. The smallest absolute Gasteiger partial charge is 0.251 e. The highest BCUT2D eigenvalue weighted by molar-refractivity contribution is 7.13. The van der Waals surface area contributed by atoms with Crippen molar-refractivity contribution in [2.75, 3.05) is 5.32 Å². The van der Waals surface area contributed by atoms with Crippen LogP contribution in [0.5, 0.6) is 0 Å².